The predicted molar refractivity (Wildman–Crippen MR) is 138 cm³/mol. The van der Waals surface area contributed by atoms with Gasteiger partial charge in [0.25, 0.3) is 0 Å². The molecule has 0 saturated heterocycles. The Morgan fingerprint density at radius 3 is 1.13 bits per heavy atom. The largest absolute Gasteiger partial charge is 0.0654 e. The van der Waals surface area contributed by atoms with E-state index < -0.39 is 0 Å². The van der Waals surface area contributed by atoms with Crippen molar-refractivity contribution in [3.05, 3.63) is 34.9 Å². The zero-order chi connectivity index (χ0) is 22.5. The first-order valence-corrected chi connectivity index (χ1v) is 13.3. The number of unbranched alkanes of at least 4 members (excludes halogenated alkanes) is 13. The van der Waals surface area contributed by atoms with Crippen molar-refractivity contribution in [3.63, 3.8) is 0 Å². The van der Waals surface area contributed by atoms with Gasteiger partial charge < -0.3 is 0 Å². The van der Waals surface area contributed by atoms with Crippen molar-refractivity contribution in [2.75, 3.05) is 0 Å². The zero-order valence-corrected chi connectivity index (χ0v) is 21.8. The van der Waals surface area contributed by atoms with Crippen LogP contribution in [0.5, 0.6) is 0 Å². The van der Waals surface area contributed by atoms with Crippen LogP contribution in [0.3, 0.4) is 0 Å². The molecular weight excluding hydrogens is 360 g/mol. The molecule has 0 bridgehead atoms. The molecule has 1 aromatic carbocycles. The minimum absolute atomic E-state index is 0.228. The summed E-state index contributed by atoms with van der Waals surface area (Å²) in [4.78, 5) is 0. The fraction of sp³-hybridized carbons (Fsp3) is 0.800. The van der Waals surface area contributed by atoms with E-state index in [1.54, 1.807) is 5.56 Å². The number of hydrogen-bond acceptors (Lipinski definition) is 0. The number of aryl methyl sites for hydroxylation is 1. The number of hydrogen-bond donors (Lipinski definition) is 0. The summed E-state index contributed by atoms with van der Waals surface area (Å²) >= 11 is 0. The average molecular weight is 415 g/mol. The van der Waals surface area contributed by atoms with E-state index in [2.05, 4.69) is 66.7 Å². The van der Waals surface area contributed by atoms with Crippen LogP contribution in [0.25, 0.3) is 0 Å². The Morgan fingerprint density at radius 1 is 0.467 bits per heavy atom. The Hall–Kier alpha value is -0.780. The topological polar surface area (TPSA) is 0 Å². The van der Waals surface area contributed by atoms with Crippen LogP contribution in [0.4, 0.5) is 0 Å². The second-order valence-corrected chi connectivity index (χ2v) is 11.8. The maximum absolute atomic E-state index is 2.47. The summed E-state index contributed by atoms with van der Waals surface area (Å²) in [6.07, 6.45) is 21.3. The molecule has 1 aromatic rings. The molecule has 0 heteroatoms. The third kappa shape index (κ3) is 12.2. The van der Waals surface area contributed by atoms with Gasteiger partial charge >= 0.3 is 0 Å². The van der Waals surface area contributed by atoms with Crippen LogP contribution in [0, 0.1) is 0 Å². The molecule has 0 nitrogen and oxygen atoms in total. The second kappa shape index (κ2) is 14.3. The molecule has 0 saturated carbocycles. The van der Waals surface area contributed by atoms with Gasteiger partial charge in [-0.25, -0.2) is 0 Å². The summed E-state index contributed by atoms with van der Waals surface area (Å²) < 4.78 is 0. The van der Waals surface area contributed by atoms with E-state index in [9.17, 15) is 0 Å². The average Bonchev–Trinajstić information content (AvgIpc) is 2.66. The molecule has 30 heavy (non-hydrogen) atoms. The molecule has 0 aromatic heterocycles. The molecular formula is C30H54. The van der Waals surface area contributed by atoms with Crippen LogP contribution in [-0.4, -0.2) is 0 Å². The lowest BCUT2D eigenvalue weighted by molar-refractivity contribution is 0.535. The standard InChI is InChI=1S/C30H54/c1-8-9-10-11-12-13-14-15-16-17-18-19-20-21-22-26-23-27(29(2,3)4)25-28(24-26)30(5,6)7/h23-25H,8-22H2,1-7H3. The van der Waals surface area contributed by atoms with Crippen molar-refractivity contribution < 1.29 is 0 Å². The van der Waals surface area contributed by atoms with Crippen LogP contribution in [0.2, 0.25) is 0 Å². The molecule has 0 aliphatic heterocycles. The van der Waals surface area contributed by atoms with Gasteiger partial charge in [0.05, 0.1) is 0 Å². The minimum atomic E-state index is 0.228. The van der Waals surface area contributed by atoms with Gasteiger partial charge in [0.1, 0.15) is 0 Å². The van der Waals surface area contributed by atoms with Crippen molar-refractivity contribution in [1.82, 2.24) is 0 Å². The summed E-state index contributed by atoms with van der Waals surface area (Å²) in [6, 6.07) is 7.38. The molecule has 0 fully saturated rings. The van der Waals surface area contributed by atoms with Gasteiger partial charge in [0, 0.05) is 0 Å². The maximum Gasteiger partial charge on any atom is -0.0132 e. The van der Waals surface area contributed by atoms with E-state index >= 15 is 0 Å². The lowest BCUT2D eigenvalue weighted by Crippen LogP contribution is -2.17. The normalized spacial score (nSPS) is 12.5. The van der Waals surface area contributed by atoms with Crippen LogP contribution >= 0.6 is 0 Å². The van der Waals surface area contributed by atoms with Crippen LogP contribution < -0.4 is 0 Å². The van der Waals surface area contributed by atoms with Crippen LogP contribution in [-0.2, 0) is 17.3 Å². The Morgan fingerprint density at radius 2 is 0.800 bits per heavy atom. The monoisotopic (exact) mass is 414 g/mol. The molecule has 0 aliphatic rings. The lowest BCUT2D eigenvalue weighted by atomic mass is 9.79. The summed E-state index contributed by atoms with van der Waals surface area (Å²) in [5.74, 6) is 0. The van der Waals surface area contributed by atoms with E-state index in [1.807, 2.05) is 0 Å². The Balaban J connectivity index is 2.19. The van der Waals surface area contributed by atoms with Gasteiger partial charge in [0.15, 0.2) is 0 Å². The van der Waals surface area contributed by atoms with Crippen molar-refractivity contribution in [3.8, 4) is 0 Å². The maximum atomic E-state index is 2.47. The first-order valence-electron chi connectivity index (χ1n) is 13.3. The molecule has 0 atom stereocenters. The Labute approximate surface area is 190 Å². The highest BCUT2D eigenvalue weighted by molar-refractivity contribution is 5.37. The van der Waals surface area contributed by atoms with Crippen molar-refractivity contribution in [2.24, 2.45) is 0 Å². The van der Waals surface area contributed by atoms with Gasteiger partial charge in [-0.05, 0) is 40.4 Å². The minimum Gasteiger partial charge on any atom is -0.0654 e. The Bertz CT molecular complexity index is 520. The highest BCUT2D eigenvalue weighted by Crippen LogP contribution is 2.31. The van der Waals surface area contributed by atoms with Crippen LogP contribution in [0.15, 0.2) is 18.2 Å². The summed E-state index contributed by atoms with van der Waals surface area (Å²) in [7, 11) is 0. The zero-order valence-electron chi connectivity index (χ0n) is 21.8. The van der Waals surface area contributed by atoms with Gasteiger partial charge in [-0.15, -0.1) is 0 Å². The van der Waals surface area contributed by atoms with Crippen molar-refractivity contribution in [1.29, 1.82) is 0 Å². The van der Waals surface area contributed by atoms with Gasteiger partial charge in [0.2, 0.25) is 0 Å². The molecule has 0 heterocycles. The second-order valence-electron chi connectivity index (χ2n) is 11.8. The third-order valence-corrected chi connectivity index (χ3v) is 6.54. The number of benzene rings is 1. The van der Waals surface area contributed by atoms with Gasteiger partial charge in [-0.3, -0.25) is 0 Å². The lowest BCUT2D eigenvalue weighted by Gasteiger charge is -2.26. The first kappa shape index (κ1) is 27.3. The summed E-state index contributed by atoms with van der Waals surface area (Å²) in [6.45, 7) is 16.3. The molecule has 174 valence electrons. The highest BCUT2D eigenvalue weighted by atomic mass is 14.2. The fourth-order valence-electron chi connectivity index (χ4n) is 4.23. The third-order valence-electron chi connectivity index (χ3n) is 6.54. The number of rotatable bonds is 15. The smallest absolute Gasteiger partial charge is 0.0132 e. The SMILES string of the molecule is CCCCCCCCCCCCCCCCc1cc(C(C)(C)C)cc(C(C)(C)C)c1. The molecule has 0 aliphatic carbocycles. The Kier molecular flexibility index (Phi) is 13.0. The van der Waals surface area contributed by atoms with E-state index in [4.69, 9.17) is 0 Å². The van der Waals surface area contributed by atoms with E-state index in [1.165, 1.54) is 107 Å². The molecule has 1 rings (SSSR count). The van der Waals surface area contributed by atoms with Gasteiger partial charge in [-0.2, -0.15) is 0 Å². The summed E-state index contributed by atoms with van der Waals surface area (Å²) in [5.41, 5.74) is 4.99. The molecule has 0 N–H and O–H groups in total. The van der Waals surface area contributed by atoms with Crippen molar-refractivity contribution >= 4 is 0 Å². The first-order chi connectivity index (χ1) is 14.1. The van der Waals surface area contributed by atoms with E-state index in [-0.39, 0.29) is 10.8 Å². The highest BCUT2D eigenvalue weighted by Gasteiger charge is 2.20. The fourth-order valence-corrected chi connectivity index (χ4v) is 4.23. The molecule has 0 unspecified atom stereocenters. The summed E-state index contributed by atoms with van der Waals surface area (Å²) in [5, 5.41) is 0. The quantitative estimate of drug-likeness (QED) is 0.250. The molecule has 0 radical (unpaired) electrons. The van der Waals surface area contributed by atoms with Gasteiger partial charge in [-0.1, -0.05) is 150 Å². The molecule has 0 spiro atoms. The van der Waals surface area contributed by atoms with E-state index in [0.29, 0.717) is 0 Å². The predicted octanol–water partition coefficient (Wildman–Crippen LogP) is 10.3. The van der Waals surface area contributed by atoms with E-state index in [0.717, 1.165) is 0 Å². The molecule has 0 amide bonds. The van der Waals surface area contributed by atoms with Crippen molar-refractivity contribution in [2.45, 2.75) is 156 Å². The van der Waals surface area contributed by atoms with Crippen LogP contribution in [0.1, 0.15) is 155 Å².